The van der Waals surface area contributed by atoms with Gasteiger partial charge in [-0.05, 0) is 31.2 Å². The van der Waals surface area contributed by atoms with Crippen molar-refractivity contribution in [3.8, 4) is 0 Å². The number of hydrogen-bond acceptors (Lipinski definition) is 5. The molecule has 2 rings (SSSR count). The van der Waals surface area contributed by atoms with Crippen molar-refractivity contribution in [2.24, 2.45) is 0 Å². The van der Waals surface area contributed by atoms with Gasteiger partial charge in [-0.3, -0.25) is 4.79 Å². The van der Waals surface area contributed by atoms with E-state index in [0.717, 1.165) is 6.20 Å². The molecular weight excluding hydrogens is 286 g/mol. The number of carbonyl (C=O) groups is 2. The minimum Gasteiger partial charge on any atom is -0.462 e. The Morgan fingerprint density at radius 1 is 1.30 bits per heavy atom. The van der Waals surface area contributed by atoms with Gasteiger partial charge in [-0.2, -0.15) is 0 Å². The van der Waals surface area contributed by atoms with Crippen molar-refractivity contribution in [2.75, 3.05) is 6.61 Å². The van der Waals surface area contributed by atoms with Gasteiger partial charge in [0.2, 0.25) is 0 Å². The van der Waals surface area contributed by atoms with Gasteiger partial charge < -0.3 is 9.26 Å². The van der Waals surface area contributed by atoms with E-state index in [1.165, 1.54) is 24.3 Å². The molecule has 6 nitrogen and oxygen atoms in total. The zero-order valence-electron chi connectivity index (χ0n) is 10.5. The first-order valence-electron chi connectivity index (χ1n) is 5.73. The lowest BCUT2D eigenvalue weighted by atomic mass is 10.2. The van der Waals surface area contributed by atoms with Crippen LogP contribution in [-0.4, -0.2) is 23.2 Å². The van der Waals surface area contributed by atoms with Crippen molar-refractivity contribution in [3.05, 3.63) is 57.0 Å². The molecule has 0 bridgehead atoms. The molecule has 0 saturated carbocycles. The Morgan fingerprint density at radius 3 is 2.55 bits per heavy atom. The van der Waals surface area contributed by atoms with E-state index in [9.17, 15) is 14.4 Å². The van der Waals surface area contributed by atoms with Crippen LogP contribution >= 0.6 is 11.6 Å². The first kappa shape index (κ1) is 14.1. The van der Waals surface area contributed by atoms with E-state index in [4.69, 9.17) is 16.1 Å². The Morgan fingerprint density at radius 2 is 1.95 bits per heavy atom. The second-order valence-corrected chi connectivity index (χ2v) is 4.22. The number of nitrogens with zero attached hydrogens (tertiary/aromatic N) is 1. The fraction of sp³-hybridized carbons (Fsp3) is 0.154. The second kappa shape index (κ2) is 5.75. The number of aromatic nitrogens is 1. The fourth-order valence-electron chi connectivity index (χ4n) is 1.50. The highest BCUT2D eigenvalue weighted by Crippen LogP contribution is 2.11. The van der Waals surface area contributed by atoms with Gasteiger partial charge in [0.15, 0.2) is 5.56 Å². The summed E-state index contributed by atoms with van der Waals surface area (Å²) in [7, 11) is 0. The molecule has 1 heterocycles. The summed E-state index contributed by atoms with van der Waals surface area (Å²) in [6.07, 6.45) is 1.01. The third-order valence-electron chi connectivity index (χ3n) is 2.43. The predicted molar refractivity (Wildman–Crippen MR) is 70.1 cm³/mol. The molecule has 0 aliphatic rings. The summed E-state index contributed by atoms with van der Waals surface area (Å²) in [6, 6.07) is 6.02. The summed E-state index contributed by atoms with van der Waals surface area (Å²) in [5.74, 6) is -1.42. The molecular formula is C13H10ClNO5. The van der Waals surface area contributed by atoms with Gasteiger partial charge in [0.25, 0.3) is 5.91 Å². The van der Waals surface area contributed by atoms with Gasteiger partial charge in [0.05, 0.1) is 12.8 Å². The predicted octanol–water partition coefficient (Wildman–Crippen LogP) is 1.96. The van der Waals surface area contributed by atoms with Crippen LogP contribution in [0.3, 0.4) is 0 Å². The van der Waals surface area contributed by atoms with E-state index in [1.54, 1.807) is 6.92 Å². The third-order valence-corrected chi connectivity index (χ3v) is 2.69. The summed E-state index contributed by atoms with van der Waals surface area (Å²) < 4.78 is 10.1. The zero-order valence-corrected chi connectivity index (χ0v) is 11.2. The lowest BCUT2D eigenvalue weighted by molar-refractivity contribution is 0.0523. The van der Waals surface area contributed by atoms with Gasteiger partial charge in [-0.15, -0.1) is 4.74 Å². The number of benzene rings is 1. The lowest BCUT2D eigenvalue weighted by Crippen LogP contribution is -2.12. The van der Waals surface area contributed by atoms with Gasteiger partial charge in [0.1, 0.15) is 0 Å². The highest BCUT2D eigenvalue weighted by atomic mass is 35.5. The van der Waals surface area contributed by atoms with E-state index in [1.807, 2.05) is 0 Å². The average Bonchev–Trinajstić information content (AvgIpc) is 2.81. The zero-order chi connectivity index (χ0) is 14.7. The Hall–Kier alpha value is -2.34. The SMILES string of the molecule is CCOC(=O)c1cn(C(=O)c2ccc(Cl)cc2)oc1=O. The Bertz CT molecular complexity index is 698. The van der Waals surface area contributed by atoms with Crippen LogP contribution in [0.5, 0.6) is 0 Å². The maximum atomic E-state index is 12.0. The summed E-state index contributed by atoms with van der Waals surface area (Å²) in [5, 5.41) is 0.475. The number of halogens is 1. The molecule has 0 atom stereocenters. The van der Waals surface area contributed by atoms with Crippen LogP contribution in [0.4, 0.5) is 0 Å². The van der Waals surface area contributed by atoms with Crippen LogP contribution in [0.2, 0.25) is 5.02 Å². The molecule has 0 saturated heterocycles. The molecule has 7 heteroatoms. The average molecular weight is 296 g/mol. The number of rotatable bonds is 3. The summed E-state index contributed by atoms with van der Waals surface area (Å²) in [4.78, 5) is 35.0. The lowest BCUT2D eigenvalue weighted by Gasteiger charge is -1.99. The van der Waals surface area contributed by atoms with Crippen molar-refractivity contribution < 1.29 is 18.8 Å². The molecule has 0 N–H and O–H groups in total. The molecule has 0 fully saturated rings. The molecule has 0 amide bonds. The summed E-state index contributed by atoms with van der Waals surface area (Å²) in [5.41, 5.74) is -0.983. The fourth-order valence-corrected chi connectivity index (χ4v) is 1.63. The normalized spacial score (nSPS) is 10.3. The van der Waals surface area contributed by atoms with E-state index in [0.29, 0.717) is 9.76 Å². The van der Waals surface area contributed by atoms with Crippen LogP contribution < -0.4 is 5.63 Å². The van der Waals surface area contributed by atoms with Crippen molar-refractivity contribution in [1.29, 1.82) is 0 Å². The maximum absolute atomic E-state index is 12.0. The Labute approximate surface area is 118 Å². The molecule has 1 aromatic carbocycles. The number of esters is 1. The van der Waals surface area contributed by atoms with Crippen LogP contribution in [0.15, 0.2) is 39.8 Å². The largest absolute Gasteiger partial charge is 0.462 e. The van der Waals surface area contributed by atoms with Gasteiger partial charge >= 0.3 is 11.6 Å². The molecule has 0 spiro atoms. The molecule has 104 valence electrons. The molecule has 2 aromatic rings. The van der Waals surface area contributed by atoms with Gasteiger partial charge in [0, 0.05) is 10.6 Å². The maximum Gasteiger partial charge on any atom is 0.372 e. The van der Waals surface area contributed by atoms with Crippen LogP contribution in [0.1, 0.15) is 27.6 Å². The Kier molecular flexibility index (Phi) is 4.05. The minimum absolute atomic E-state index is 0.120. The topological polar surface area (TPSA) is 78.5 Å². The van der Waals surface area contributed by atoms with Crippen molar-refractivity contribution >= 4 is 23.5 Å². The van der Waals surface area contributed by atoms with Gasteiger partial charge in [-0.1, -0.05) is 11.6 Å². The van der Waals surface area contributed by atoms with Crippen LogP contribution in [0.25, 0.3) is 0 Å². The summed E-state index contributed by atoms with van der Waals surface area (Å²) in [6.45, 7) is 1.73. The quantitative estimate of drug-likeness (QED) is 0.809. The van der Waals surface area contributed by atoms with E-state index < -0.39 is 17.5 Å². The van der Waals surface area contributed by atoms with Crippen molar-refractivity contribution in [3.63, 3.8) is 0 Å². The first-order chi connectivity index (χ1) is 9.52. The van der Waals surface area contributed by atoms with E-state index >= 15 is 0 Å². The smallest absolute Gasteiger partial charge is 0.372 e. The number of hydrogen-bond donors (Lipinski definition) is 0. The van der Waals surface area contributed by atoms with Crippen LogP contribution in [-0.2, 0) is 4.74 Å². The molecule has 0 aliphatic carbocycles. The highest BCUT2D eigenvalue weighted by Gasteiger charge is 2.20. The molecule has 20 heavy (non-hydrogen) atoms. The second-order valence-electron chi connectivity index (χ2n) is 3.78. The van der Waals surface area contributed by atoms with Crippen LogP contribution in [0, 0.1) is 0 Å². The summed E-state index contributed by atoms with van der Waals surface area (Å²) >= 11 is 5.72. The molecule has 0 radical (unpaired) electrons. The minimum atomic E-state index is -0.925. The molecule has 0 aliphatic heterocycles. The first-order valence-corrected chi connectivity index (χ1v) is 6.11. The van der Waals surface area contributed by atoms with E-state index in [2.05, 4.69) is 4.74 Å². The third kappa shape index (κ3) is 2.80. The number of ether oxygens (including phenoxy) is 1. The van der Waals surface area contributed by atoms with Crippen molar-refractivity contribution in [2.45, 2.75) is 6.92 Å². The van der Waals surface area contributed by atoms with E-state index in [-0.39, 0.29) is 17.7 Å². The van der Waals surface area contributed by atoms with Crippen molar-refractivity contribution in [1.82, 2.24) is 4.74 Å². The Balaban J connectivity index is 2.32. The molecule has 1 aromatic heterocycles. The standard InChI is InChI=1S/C13H10ClNO5/c1-2-19-12(17)10-7-15(20-13(10)18)11(16)8-3-5-9(14)6-4-8/h3-7H,2H2,1H3. The molecule has 0 unspecified atom stereocenters. The van der Waals surface area contributed by atoms with Gasteiger partial charge in [-0.25, -0.2) is 9.59 Å². The number of carbonyl (C=O) groups excluding carboxylic acids is 2. The monoisotopic (exact) mass is 295 g/mol. The highest BCUT2D eigenvalue weighted by molar-refractivity contribution is 6.30.